The Morgan fingerprint density at radius 1 is 1.39 bits per heavy atom. The molecule has 0 amide bonds. The van der Waals surface area contributed by atoms with Gasteiger partial charge in [-0.3, -0.25) is 0 Å². The number of sulfonamides is 1. The van der Waals surface area contributed by atoms with Gasteiger partial charge in [-0.2, -0.15) is 5.10 Å². The van der Waals surface area contributed by atoms with Crippen molar-refractivity contribution in [2.45, 2.75) is 36.7 Å². The Morgan fingerprint density at radius 2 is 2.26 bits per heavy atom. The average Bonchev–Trinajstić information content (AvgIpc) is 3.14. The van der Waals surface area contributed by atoms with Crippen molar-refractivity contribution in [2.24, 2.45) is 0 Å². The number of aromatic nitrogens is 3. The van der Waals surface area contributed by atoms with Crippen molar-refractivity contribution in [3.63, 3.8) is 0 Å². The largest absolute Gasteiger partial charge is 0.492 e. The van der Waals surface area contributed by atoms with E-state index in [-0.39, 0.29) is 10.9 Å². The fraction of sp³-hybridized carbons (Fsp3) is 0.429. The Balaban J connectivity index is 1.71. The normalized spacial score (nSPS) is 20.0. The van der Waals surface area contributed by atoms with Crippen LogP contribution in [0.4, 0.5) is 0 Å². The molecule has 0 saturated heterocycles. The summed E-state index contributed by atoms with van der Waals surface area (Å²) < 4.78 is 36.5. The average molecular weight is 399 g/mol. The molecule has 0 unspecified atom stereocenters. The molecule has 4 rings (SSSR count). The van der Waals surface area contributed by atoms with Crippen molar-refractivity contribution in [2.75, 3.05) is 6.61 Å². The molecule has 0 spiro atoms. The minimum Gasteiger partial charge on any atom is -0.492 e. The summed E-state index contributed by atoms with van der Waals surface area (Å²) in [6, 6.07) is 3.12. The second-order valence-electron chi connectivity index (χ2n) is 5.65. The lowest BCUT2D eigenvalue weighted by Crippen LogP contribution is -2.33. The number of benzene rings is 1. The van der Waals surface area contributed by atoms with Crippen LogP contribution in [0.5, 0.6) is 5.75 Å². The van der Waals surface area contributed by atoms with E-state index in [2.05, 4.69) is 30.7 Å². The van der Waals surface area contributed by atoms with Crippen LogP contribution in [-0.4, -0.2) is 29.8 Å². The van der Waals surface area contributed by atoms with Crippen LogP contribution in [0, 0.1) is 0 Å². The van der Waals surface area contributed by atoms with Crippen molar-refractivity contribution in [3.05, 3.63) is 34.3 Å². The topological polar surface area (TPSA) is 86.1 Å². The Kier molecular flexibility index (Phi) is 3.66. The van der Waals surface area contributed by atoms with E-state index in [9.17, 15) is 8.42 Å². The van der Waals surface area contributed by atoms with Crippen LogP contribution >= 0.6 is 15.9 Å². The van der Waals surface area contributed by atoms with Crippen LogP contribution in [0.25, 0.3) is 0 Å². The highest BCUT2D eigenvalue weighted by atomic mass is 79.9. The predicted molar refractivity (Wildman–Crippen MR) is 85.7 cm³/mol. The summed E-state index contributed by atoms with van der Waals surface area (Å²) in [4.78, 5) is 4.37. The first-order valence-electron chi connectivity index (χ1n) is 7.40. The van der Waals surface area contributed by atoms with Gasteiger partial charge in [-0.1, -0.05) is 15.9 Å². The number of nitrogens with zero attached hydrogens (tertiary/aromatic N) is 3. The van der Waals surface area contributed by atoms with Crippen LogP contribution < -0.4 is 9.46 Å². The van der Waals surface area contributed by atoms with E-state index < -0.39 is 10.0 Å². The molecule has 2 aromatic rings. The molecule has 7 nitrogen and oxygen atoms in total. The fourth-order valence-corrected chi connectivity index (χ4v) is 5.18. The molecule has 1 aromatic carbocycles. The lowest BCUT2D eigenvalue weighted by molar-refractivity contribution is 0.347. The molecule has 1 atom stereocenters. The molecule has 23 heavy (non-hydrogen) atoms. The van der Waals surface area contributed by atoms with E-state index in [0.717, 1.165) is 29.4 Å². The third kappa shape index (κ3) is 2.66. The van der Waals surface area contributed by atoms with Crippen LogP contribution in [0.2, 0.25) is 0 Å². The van der Waals surface area contributed by atoms with Crippen molar-refractivity contribution in [1.29, 1.82) is 0 Å². The molecule has 0 bridgehead atoms. The van der Waals surface area contributed by atoms with E-state index in [4.69, 9.17) is 4.74 Å². The van der Waals surface area contributed by atoms with Crippen molar-refractivity contribution in [3.8, 4) is 5.75 Å². The summed E-state index contributed by atoms with van der Waals surface area (Å²) in [6.45, 7) is 1.27. The van der Waals surface area contributed by atoms with Gasteiger partial charge in [-0.05, 0) is 25.0 Å². The second kappa shape index (κ2) is 5.57. The van der Waals surface area contributed by atoms with Gasteiger partial charge in [0.25, 0.3) is 0 Å². The maximum absolute atomic E-state index is 12.9. The van der Waals surface area contributed by atoms with E-state index in [1.54, 1.807) is 10.7 Å². The minimum atomic E-state index is -3.71. The number of hydrogen-bond acceptors (Lipinski definition) is 5. The van der Waals surface area contributed by atoms with Gasteiger partial charge >= 0.3 is 0 Å². The number of hydrogen-bond donors (Lipinski definition) is 1. The molecule has 2 aliphatic heterocycles. The molecule has 2 aliphatic rings. The third-order valence-corrected chi connectivity index (χ3v) is 6.06. The highest BCUT2D eigenvalue weighted by Crippen LogP contribution is 2.36. The zero-order valence-electron chi connectivity index (χ0n) is 12.2. The predicted octanol–water partition coefficient (Wildman–Crippen LogP) is 1.79. The quantitative estimate of drug-likeness (QED) is 0.851. The van der Waals surface area contributed by atoms with Crippen molar-refractivity contribution in [1.82, 2.24) is 19.5 Å². The lowest BCUT2D eigenvalue weighted by atomic mass is 10.1. The zero-order valence-corrected chi connectivity index (χ0v) is 14.6. The maximum atomic E-state index is 12.9. The van der Waals surface area contributed by atoms with E-state index in [1.165, 1.54) is 6.33 Å². The van der Waals surface area contributed by atoms with Crippen LogP contribution in [0.1, 0.15) is 30.3 Å². The monoisotopic (exact) mass is 398 g/mol. The van der Waals surface area contributed by atoms with Gasteiger partial charge in [0.1, 0.15) is 22.8 Å². The summed E-state index contributed by atoms with van der Waals surface area (Å²) in [5.41, 5.74) is 0.909. The van der Waals surface area contributed by atoms with Gasteiger partial charge in [0.15, 0.2) is 0 Å². The first-order valence-corrected chi connectivity index (χ1v) is 9.67. The van der Waals surface area contributed by atoms with Gasteiger partial charge in [0.2, 0.25) is 10.0 Å². The molecular weight excluding hydrogens is 384 g/mol. The van der Waals surface area contributed by atoms with Crippen LogP contribution in [0.3, 0.4) is 0 Å². The Labute approximate surface area is 142 Å². The molecule has 122 valence electrons. The summed E-state index contributed by atoms with van der Waals surface area (Å²) in [5.74, 6) is 1.12. The molecule has 0 fully saturated rings. The summed E-state index contributed by atoms with van der Waals surface area (Å²) in [6.07, 6.45) is 3.74. The second-order valence-corrected chi connectivity index (χ2v) is 8.25. The Morgan fingerprint density at radius 3 is 3.13 bits per heavy atom. The molecule has 1 aromatic heterocycles. The first kappa shape index (κ1) is 15.1. The van der Waals surface area contributed by atoms with Crippen LogP contribution in [0.15, 0.2) is 27.8 Å². The SMILES string of the molecule is O=S(=O)(N[C@@H]1CCCn2ncnc21)c1cc(Br)cc2c1OCC2. The van der Waals surface area contributed by atoms with Gasteiger partial charge < -0.3 is 4.74 Å². The van der Waals surface area contributed by atoms with E-state index >= 15 is 0 Å². The highest BCUT2D eigenvalue weighted by molar-refractivity contribution is 9.10. The van der Waals surface area contributed by atoms with Gasteiger partial charge in [-0.15, -0.1) is 0 Å². The molecule has 0 radical (unpaired) electrons. The summed E-state index contributed by atoms with van der Waals surface area (Å²) in [5, 5.41) is 4.12. The smallest absolute Gasteiger partial charge is 0.244 e. The molecular formula is C14H15BrN4O3S. The first-order chi connectivity index (χ1) is 11.0. The number of nitrogens with one attached hydrogen (secondary N) is 1. The van der Waals surface area contributed by atoms with Gasteiger partial charge in [0, 0.05) is 23.0 Å². The number of aryl methyl sites for hydroxylation is 1. The van der Waals surface area contributed by atoms with Crippen molar-refractivity contribution < 1.29 is 13.2 Å². The molecule has 9 heteroatoms. The third-order valence-electron chi connectivity index (χ3n) is 4.12. The lowest BCUT2D eigenvalue weighted by Gasteiger charge is -2.23. The van der Waals surface area contributed by atoms with E-state index in [1.807, 2.05) is 6.07 Å². The fourth-order valence-electron chi connectivity index (χ4n) is 3.09. The maximum Gasteiger partial charge on any atom is 0.244 e. The summed E-state index contributed by atoms with van der Waals surface area (Å²) >= 11 is 3.38. The number of rotatable bonds is 3. The summed E-state index contributed by atoms with van der Waals surface area (Å²) in [7, 11) is -3.71. The Hall–Kier alpha value is -1.45. The van der Waals surface area contributed by atoms with Gasteiger partial charge in [-0.25, -0.2) is 22.8 Å². The van der Waals surface area contributed by atoms with Gasteiger partial charge in [0.05, 0.1) is 12.6 Å². The number of ether oxygens (including phenoxy) is 1. The number of halogens is 1. The number of fused-ring (bicyclic) bond motifs is 2. The van der Waals surface area contributed by atoms with E-state index in [0.29, 0.717) is 24.6 Å². The highest BCUT2D eigenvalue weighted by Gasteiger charge is 2.31. The molecule has 3 heterocycles. The molecule has 0 saturated carbocycles. The van der Waals surface area contributed by atoms with Crippen LogP contribution in [-0.2, 0) is 23.0 Å². The van der Waals surface area contributed by atoms with Crippen molar-refractivity contribution >= 4 is 26.0 Å². The molecule has 0 aliphatic carbocycles. The zero-order chi connectivity index (χ0) is 16.0. The standard InChI is InChI=1S/C14H15BrN4O3S/c15-10-6-9-3-5-22-13(9)12(7-10)23(20,21)18-11-2-1-4-19-14(11)16-8-17-19/h6-8,11,18H,1-5H2/t11-/m1/s1. The Bertz CT molecular complexity index is 865. The molecule has 1 N–H and O–H groups in total. The minimum absolute atomic E-state index is 0.177.